The molecule has 3 heteroatoms. The van der Waals surface area contributed by atoms with Crippen LogP contribution in [0.3, 0.4) is 0 Å². The van der Waals surface area contributed by atoms with Crippen LogP contribution in [0.4, 0.5) is 5.69 Å². The van der Waals surface area contributed by atoms with Gasteiger partial charge in [-0.05, 0) is 44.0 Å². The fraction of sp³-hybridized carbons (Fsp3) is 0.375. The number of fused-ring (bicyclic) bond motifs is 1. The molecule has 0 aliphatic heterocycles. The number of carbonyl (C=O) groups is 1. The highest BCUT2D eigenvalue weighted by Crippen LogP contribution is 2.26. The molecule has 1 aromatic heterocycles. The lowest BCUT2D eigenvalue weighted by Gasteiger charge is -2.12. The second-order valence-corrected chi connectivity index (χ2v) is 4.93. The molecule has 0 atom stereocenters. The average Bonchev–Trinajstić information content (AvgIpc) is 2.39. The molecule has 0 aliphatic rings. The van der Waals surface area contributed by atoms with Gasteiger partial charge in [0, 0.05) is 17.5 Å². The van der Waals surface area contributed by atoms with Gasteiger partial charge in [-0.1, -0.05) is 19.4 Å². The normalized spacial score (nSPS) is 10.7. The summed E-state index contributed by atoms with van der Waals surface area (Å²) in [4.78, 5) is 16.4. The number of anilines is 1. The Morgan fingerprint density at radius 2 is 2.00 bits per heavy atom. The van der Waals surface area contributed by atoms with Crippen LogP contribution >= 0.6 is 0 Å². The number of carbonyl (C=O) groups excluding carboxylic acids is 1. The van der Waals surface area contributed by atoms with E-state index < -0.39 is 0 Å². The first-order valence-corrected chi connectivity index (χ1v) is 6.78. The molecule has 1 N–H and O–H groups in total. The van der Waals surface area contributed by atoms with Crippen LogP contribution in [0.1, 0.15) is 37.4 Å². The summed E-state index contributed by atoms with van der Waals surface area (Å²) in [7, 11) is 0. The molecule has 0 bridgehead atoms. The Morgan fingerprint density at radius 1 is 1.21 bits per heavy atom. The Bertz CT molecular complexity index is 605. The van der Waals surface area contributed by atoms with E-state index in [2.05, 4.69) is 17.2 Å². The van der Waals surface area contributed by atoms with Gasteiger partial charge < -0.3 is 5.32 Å². The number of benzene rings is 1. The summed E-state index contributed by atoms with van der Waals surface area (Å²) in [6, 6.07) is 8.01. The van der Waals surface area contributed by atoms with Crippen LogP contribution in [0, 0.1) is 13.8 Å². The molecule has 100 valence electrons. The molecule has 0 radical (unpaired) electrons. The zero-order valence-corrected chi connectivity index (χ0v) is 11.8. The number of nitrogens with one attached hydrogen (secondary N) is 1. The topological polar surface area (TPSA) is 42.0 Å². The molecular weight excluding hydrogens is 236 g/mol. The van der Waals surface area contributed by atoms with Gasteiger partial charge in [-0.2, -0.15) is 0 Å². The van der Waals surface area contributed by atoms with Crippen LogP contribution in [0.5, 0.6) is 0 Å². The van der Waals surface area contributed by atoms with E-state index in [9.17, 15) is 4.79 Å². The van der Waals surface area contributed by atoms with E-state index in [1.807, 2.05) is 38.1 Å². The van der Waals surface area contributed by atoms with E-state index in [0.717, 1.165) is 40.7 Å². The minimum absolute atomic E-state index is 0.0815. The number of unbranched alkanes of at least 4 members (excludes halogenated alkanes) is 1. The minimum atomic E-state index is 0.0815. The molecule has 0 unspecified atom stereocenters. The molecule has 2 rings (SSSR count). The predicted molar refractivity (Wildman–Crippen MR) is 79.4 cm³/mol. The maximum atomic E-state index is 11.9. The maximum absolute atomic E-state index is 11.9. The van der Waals surface area contributed by atoms with Crippen molar-refractivity contribution in [2.45, 2.75) is 40.0 Å². The number of aromatic nitrogens is 1. The monoisotopic (exact) mass is 256 g/mol. The Hall–Kier alpha value is -1.90. The summed E-state index contributed by atoms with van der Waals surface area (Å²) in [6.07, 6.45) is 2.53. The highest BCUT2D eigenvalue weighted by atomic mass is 16.1. The molecular formula is C16H20N2O. The van der Waals surface area contributed by atoms with Crippen molar-refractivity contribution in [3.8, 4) is 0 Å². The van der Waals surface area contributed by atoms with Crippen molar-refractivity contribution in [1.29, 1.82) is 0 Å². The summed E-state index contributed by atoms with van der Waals surface area (Å²) >= 11 is 0. The first-order chi connectivity index (χ1) is 9.11. The van der Waals surface area contributed by atoms with Gasteiger partial charge in [0.15, 0.2) is 0 Å². The molecule has 0 spiro atoms. The maximum Gasteiger partial charge on any atom is 0.224 e. The van der Waals surface area contributed by atoms with Crippen LogP contribution in [0.2, 0.25) is 0 Å². The minimum Gasteiger partial charge on any atom is -0.325 e. The standard InChI is InChI=1S/C16H20N2O/c1-4-5-6-15(19)18-16-11(2)7-10-14-13(16)9-8-12(3)17-14/h7-10H,4-6H2,1-3H3,(H,18,19). The second kappa shape index (κ2) is 5.83. The van der Waals surface area contributed by atoms with Gasteiger partial charge in [-0.3, -0.25) is 9.78 Å². The number of hydrogen-bond donors (Lipinski definition) is 1. The Kier molecular flexibility index (Phi) is 4.15. The number of aryl methyl sites for hydroxylation is 2. The molecule has 1 amide bonds. The van der Waals surface area contributed by atoms with Crippen LogP contribution in [0.15, 0.2) is 24.3 Å². The van der Waals surface area contributed by atoms with E-state index in [0.29, 0.717) is 6.42 Å². The van der Waals surface area contributed by atoms with Gasteiger partial charge in [0.05, 0.1) is 11.2 Å². The number of pyridine rings is 1. The zero-order chi connectivity index (χ0) is 13.8. The molecule has 1 aromatic carbocycles. The lowest BCUT2D eigenvalue weighted by atomic mass is 10.1. The number of amides is 1. The molecule has 0 fully saturated rings. The van der Waals surface area contributed by atoms with Crippen molar-refractivity contribution in [2.75, 3.05) is 5.32 Å². The quantitative estimate of drug-likeness (QED) is 0.899. The number of hydrogen-bond acceptors (Lipinski definition) is 2. The summed E-state index contributed by atoms with van der Waals surface area (Å²) in [6.45, 7) is 6.07. The van der Waals surface area contributed by atoms with Crippen molar-refractivity contribution in [3.05, 3.63) is 35.5 Å². The number of nitrogens with zero attached hydrogens (tertiary/aromatic N) is 1. The van der Waals surface area contributed by atoms with Gasteiger partial charge in [-0.25, -0.2) is 0 Å². The van der Waals surface area contributed by atoms with Gasteiger partial charge >= 0.3 is 0 Å². The van der Waals surface area contributed by atoms with Gasteiger partial charge in [0.2, 0.25) is 5.91 Å². The Morgan fingerprint density at radius 3 is 2.74 bits per heavy atom. The predicted octanol–water partition coefficient (Wildman–Crippen LogP) is 3.98. The first kappa shape index (κ1) is 13.5. The molecule has 19 heavy (non-hydrogen) atoms. The highest BCUT2D eigenvalue weighted by molar-refractivity contribution is 6.02. The van der Waals surface area contributed by atoms with Crippen molar-refractivity contribution in [2.24, 2.45) is 0 Å². The zero-order valence-electron chi connectivity index (χ0n) is 11.8. The molecule has 0 aliphatic carbocycles. The van der Waals surface area contributed by atoms with Crippen molar-refractivity contribution >= 4 is 22.5 Å². The van der Waals surface area contributed by atoms with E-state index in [-0.39, 0.29) is 5.91 Å². The Balaban J connectivity index is 2.36. The largest absolute Gasteiger partial charge is 0.325 e. The fourth-order valence-corrected chi connectivity index (χ4v) is 2.12. The summed E-state index contributed by atoms with van der Waals surface area (Å²) in [5.41, 5.74) is 3.88. The lowest BCUT2D eigenvalue weighted by molar-refractivity contribution is -0.116. The van der Waals surface area contributed by atoms with Crippen LogP contribution in [0.25, 0.3) is 10.9 Å². The second-order valence-electron chi connectivity index (χ2n) is 4.93. The van der Waals surface area contributed by atoms with E-state index in [1.54, 1.807) is 0 Å². The van der Waals surface area contributed by atoms with E-state index in [1.165, 1.54) is 0 Å². The van der Waals surface area contributed by atoms with Crippen LogP contribution in [-0.4, -0.2) is 10.9 Å². The third-order valence-corrected chi connectivity index (χ3v) is 3.24. The van der Waals surface area contributed by atoms with Crippen molar-refractivity contribution < 1.29 is 4.79 Å². The average molecular weight is 256 g/mol. The first-order valence-electron chi connectivity index (χ1n) is 6.78. The Labute approximate surface area is 114 Å². The van der Waals surface area contributed by atoms with E-state index >= 15 is 0 Å². The molecule has 0 saturated heterocycles. The number of rotatable bonds is 4. The molecule has 0 saturated carbocycles. The van der Waals surface area contributed by atoms with E-state index in [4.69, 9.17) is 0 Å². The van der Waals surface area contributed by atoms with Crippen LogP contribution in [-0.2, 0) is 4.79 Å². The smallest absolute Gasteiger partial charge is 0.224 e. The SMILES string of the molecule is CCCCC(=O)Nc1c(C)ccc2nc(C)ccc12. The fourth-order valence-electron chi connectivity index (χ4n) is 2.12. The van der Waals surface area contributed by atoms with Crippen molar-refractivity contribution in [3.63, 3.8) is 0 Å². The van der Waals surface area contributed by atoms with Gasteiger partial charge in [0.25, 0.3) is 0 Å². The van der Waals surface area contributed by atoms with Gasteiger partial charge in [0.1, 0.15) is 0 Å². The third-order valence-electron chi connectivity index (χ3n) is 3.24. The highest BCUT2D eigenvalue weighted by Gasteiger charge is 2.09. The summed E-state index contributed by atoms with van der Waals surface area (Å²) in [5.74, 6) is 0.0815. The summed E-state index contributed by atoms with van der Waals surface area (Å²) < 4.78 is 0. The lowest BCUT2D eigenvalue weighted by Crippen LogP contribution is -2.12. The molecule has 3 nitrogen and oxygen atoms in total. The molecule has 1 heterocycles. The van der Waals surface area contributed by atoms with Crippen LogP contribution < -0.4 is 5.32 Å². The third kappa shape index (κ3) is 3.11. The molecule has 2 aromatic rings. The summed E-state index contributed by atoms with van der Waals surface area (Å²) in [5, 5.41) is 4.04. The van der Waals surface area contributed by atoms with Gasteiger partial charge in [-0.15, -0.1) is 0 Å². The van der Waals surface area contributed by atoms with Crippen molar-refractivity contribution in [1.82, 2.24) is 4.98 Å².